The number of anilines is 1. The molecule has 1 aromatic carbocycles. The Kier molecular flexibility index (Phi) is 3.26. The molecule has 0 atom stereocenters. The van der Waals surface area contributed by atoms with E-state index in [1.807, 2.05) is 6.20 Å². The largest absolute Gasteiger partial charge is 0.354 e. The summed E-state index contributed by atoms with van der Waals surface area (Å²) in [6.45, 7) is 5.22. The number of nitrogens with zero attached hydrogens (tertiary/aromatic N) is 4. The van der Waals surface area contributed by atoms with E-state index in [2.05, 4.69) is 45.1 Å². The highest BCUT2D eigenvalue weighted by molar-refractivity contribution is 5.83. The molecule has 0 spiro atoms. The molecular weight excluding hydrogens is 298 g/mol. The van der Waals surface area contributed by atoms with Gasteiger partial charge in [0.1, 0.15) is 11.6 Å². The van der Waals surface area contributed by atoms with Gasteiger partial charge in [-0.3, -0.25) is 0 Å². The molecule has 2 aliphatic heterocycles. The lowest BCUT2D eigenvalue weighted by atomic mass is 10.1. The highest BCUT2D eigenvalue weighted by atomic mass is 15.2. The van der Waals surface area contributed by atoms with Crippen molar-refractivity contribution in [3.05, 3.63) is 42.4 Å². The first kappa shape index (κ1) is 14.0. The third kappa shape index (κ3) is 2.27. The fraction of sp³-hybridized carbons (Fsp3) is 0.368. The first-order chi connectivity index (χ1) is 11.9. The van der Waals surface area contributed by atoms with Gasteiger partial charge in [0.05, 0.1) is 11.0 Å². The molecule has 1 saturated heterocycles. The van der Waals surface area contributed by atoms with Gasteiger partial charge in [-0.15, -0.1) is 0 Å². The Morgan fingerprint density at radius 1 is 0.958 bits per heavy atom. The second-order valence-electron chi connectivity index (χ2n) is 6.63. The zero-order valence-electron chi connectivity index (χ0n) is 13.7. The van der Waals surface area contributed by atoms with E-state index < -0.39 is 0 Å². The third-order valence-electron chi connectivity index (χ3n) is 5.13. The first-order valence-electron chi connectivity index (χ1n) is 8.80. The Hall–Kier alpha value is -2.40. The molecule has 5 nitrogen and oxygen atoms in total. The summed E-state index contributed by atoms with van der Waals surface area (Å²) in [5.41, 5.74) is 4.76. The summed E-state index contributed by atoms with van der Waals surface area (Å²) in [5.74, 6) is 2.31. The number of rotatable bonds is 2. The molecule has 0 radical (unpaired) electrons. The van der Waals surface area contributed by atoms with E-state index in [-0.39, 0.29) is 0 Å². The molecule has 24 heavy (non-hydrogen) atoms. The predicted octanol–water partition coefficient (Wildman–Crippen LogP) is 2.45. The van der Waals surface area contributed by atoms with E-state index in [0.717, 1.165) is 50.5 Å². The molecular formula is C19H21N5. The number of piperazine rings is 1. The summed E-state index contributed by atoms with van der Waals surface area (Å²) in [7, 11) is 0. The Morgan fingerprint density at radius 3 is 2.67 bits per heavy atom. The summed E-state index contributed by atoms with van der Waals surface area (Å²) in [6, 6.07) is 10.9. The van der Waals surface area contributed by atoms with Crippen molar-refractivity contribution in [3.63, 3.8) is 0 Å². The lowest BCUT2D eigenvalue weighted by molar-refractivity contribution is 0.585. The molecule has 4 heterocycles. The van der Waals surface area contributed by atoms with Crippen LogP contribution >= 0.6 is 0 Å². The van der Waals surface area contributed by atoms with Crippen LogP contribution in [0.4, 0.5) is 5.82 Å². The fourth-order valence-electron chi connectivity index (χ4n) is 3.83. The van der Waals surface area contributed by atoms with Crippen LogP contribution in [0.15, 0.2) is 36.5 Å². The van der Waals surface area contributed by atoms with Crippen LogP contribution in [0.3, 0.4) is 0 Å². The zero-order chi connectivity index (χ0) is 15.9. The minimum Gasteiger partial charge on any atom is -0.354 e. The summed E-state index contributed by atoms with van der Waals surface area (Å²) in [5, 5.41) is 3.38. The molecule has 1 N–H and O–H groups in total. The molecule has 3 aromatic rings. The standard InChI is InChI=1S/C19H21N5/c1-2-19-22-16-5-3-14(12-17(16)24(19)9-1)15-4-6-18(21-13-15)23-10-7-20-8-11-23/h3-6,12-13,20H,1-2,7-11H2. The van der Waals surface area contributed by atoms with Crippen molar-refractivity contribution in [2.75, 3.05) is 31.1 Å². The van der Waals surface area contributed by atoms with Gasteiger partial charge in [0.2, 0.25) is 0 Å². The van der Waals surface area contributed by atoms with E-state index in [1.165, 1.54) is 28.9 Å². The molecule has 5 heteroatoms. The van der Waals surface area contributed by atoms with Crippen LogP contribution in [0.1, 0.15) is 12.2 Å². The van der Waals surface area contributed by atoms with Crippen molar-refractivity contribution in [1.82, 2.24) is 19.9 Å². The number of nitrogens with one attached hydrogen (secondary N) is 1. The minimum absolute atomic E-state index is 1.03. The van der Waals surface area contributed by atoms with Crippen LogP contribution in [0.2, 0.25) is 0 Å². The van der Waals surface area contributed by atoms with Gasteiger partial charge in [0.25, 0.3) is 0 Å². The number of imidazole rings is 1. The number of fused-ring (bicyclic) bond motifs is 3. The topological polar surface area (TPSA) is 46.0 Å². The third-order valence-corrected chi connectivity index (χ3v) is 5.13. The highest BCUT2D eigenvalue weighted by Crippen LogP contribution is 2.28. The van der Waals surface area contributed by atoms with Crippen molar-refractivity contribution in [2.24, 2.45) is 0 Å². The summed E-state index contributed by atoms with van der Waals surface area (Å²) in [4.78, 5) is 11.8. The second kappa shape index (κ2) is 5.60. The normalized spacial score (nSPS) is 17.4. The minimum atomic E-state index is 1.03. The average Bonchev–Trinajstić information content (AvgIpc) is 3.23. The van der Waals surface area contributed by atoms with Gasteiger partial charge in [-0.05, 0) is 36.2 Å². The lowest BCUT2D eigenvalue weighted by Crippen LogP contribution is -2.43. The van der Waals surface area contributed by atoms with E-state index in [0.29, 0.717) is 0 Å². The monoisotopic (exact) mass is 319 g/mol. The van der Waals surface area contributed by atoms with Crippen LogP contribution in [0.5, 0.6) is 0 Å². The maximum Gasteiger partial charge on any atom is 0.128 e. The van der Waals surface area contributed by atoms with Crippen LogP contribution in [0, 0.1) is 0 Å². The maximum absolute atomic E-state index is 4.74. The highest BCUT2D eigenvalue weighted by Gasteiger charge is 2.16. The van der Waals surface area contributed by atoms with Crippen molar-refractivity contribution >= 4 is 16.9 Å². The van der Waals surface area contributed by atoms with Crippen LogP contribution < -0.4 is 10.2 Å². The average molecular weight is 319 g/mol. The van der Waals surface area contributed by atoms with Gasteiger partial charge < -0.3 is 14.8 Å². The molecule has 2 aliphatic rings. The second-order valence-corrected chi connectivity index (χ2v) is 6.63. The summed E-state index contributed by atoms with van der Waals surface area (Å²) < 4.78 is 2.36. The predicted molar refractivity (Wildman–Crippen MR) is 96.4 cm³/mol. The number of aryl methyl sites for hydroxylation is 2. The number of hydrogen-bond acceptors (Lipinski definition) is 4. The molecule has 0 unspecified atom stereocenters. The van der Waals surface area contributed by atoms with Gasteiger partial charge in [0.15, 0.2) is 0 Å². The van der Waals surface area contributed by atoms with Crippen LogP contribution in [-0.4, -0.2) is 40.7 Å². The van der Waals surface area contributed by atoms with Gasteiger partial charge in [-0.2, -0.15) is 0 Å². The van der Waals surface area contributed by atoms with Gasteiger partial charge in [-0.25, -0.2) is 9.97 Å². The van der Waals surface area contributed by atoms with Gasteiger partial charge >= 0.3 is 0 Å². The van der Waals surface area contributed by atoms with Crippen molar-refractivity contribution in [1.29, 1.82) is 0 Å². The molecule has 0 bridgehead atoms. The molecule has 122 valence electrons. The Bertz CT molecular complexity index is 875. The summed E-state index contributed by atoms with van der Waals surface area (Å²) in [6.07, 6.45) is 4.31. The van der Waals surface area contributed by atoms with Gasteiger partial charge in [-0.1, -0.05) is 6.07 Å². The lowest BCUT2D eigenvalue weighted by Gasteiger charge is -2.28. The molecule has 2 aromatic heterocycles. The zero-order valence-corrected chi connectivity index (χ0v) is 13.7. The molecule has 5 rings (SSSR count). The van der Waals surface area contributed by atoms with Crippen molar-refractivity contribution in [2.45, 2.75) is 19.4 Å². The molecule has 0 amide bonds. The van der Waals surface area contributed by atoms with Crippen molar-refractivity contribution in [3.8, 4) is 11.1 Å². The number of aromatic nitrogens is 3. The van der Waals surface area contributed by atoms with Crippen LogP contribution in [0.25, 0.3) is 22.2 Å². The quantitative estimate of drug-likeness (QED) is 0.788. The maximum atomic E-state index is 4.74. The Morgan fingerprint density at radius 2 is 1.83 bits per heavy atom. The molecule has 1 fully saturated rings. The number of hydrogen-bond donors (Lipinski definition) is 1. The van der Waals surface area contributed by atoms with E-state index in [9.17, 15) is 0 Å². The molecule has 0 saturated carbocycles. The Labute approximate surface area is 141 Å². The smallest absolute Gasteiger partial charge is 0.128 e. The van der Waals surface area contributed by atoms with Crippen molar-refractivity contribution < 1.29 is 0 Å². The van der Waals surface area contributed by atoms with Crippen LogP contribution in [-0.2, 0) is 13.0 Å². The number of benzene rings is 1. The number of pyridine rings is 1. The molecule has 0 aliphatic carbocycles. The summed E-state index contributed by atoms with van der Waals surface area (Å²) >= 11 is 0. The first-order valence-corrected chi connectivity index (χ1v) is 8.80. The fourth-order valence-corrected chi connectivity index (χ4v) is 3.83. The van der Waals surface area contributed by atoms with E-state index >= 15 is 0 Å². The Balaban J connectivity index is 1.48. The van der Waals surface area contributed by atoms with E-state index in [1.54, 1.807) is 0 Å². The van der Waals surface area contributed by atoms with E-state index in [4.69, 9.17) is 9.97 Å². The van der Waals surface area contributed by atoms with Gasteiger partial charge in [0, 0.05) is 50.9 Å². The SMILES string of the molecule is c1cc(N2CCNCC2)ncc1-c1ccc2nc3n(c2c1)CCC3.